The molecule has 9 heteroatoms. The van der Waals surface area contributed by atoms with Crippen LogP contribution >= 0.6 is 0 Å². The molecule has 1 aromatic carbocycles. The molecule has 2 aliphatic heterocycles. The SMILES string of the molecule is CN1CCN(/N=C\c2ccc(-c3ccc(S(=O)(=O)N4CCOCC4)cc3)o2)CC1. The number of furan rings is 1. The van der Waals surface area contributed by atoms with Gasteiger partial charge in [0.1, 0.15) is 11.5 Å². The molecule has 8 nitrogen and oxygen atoms in total. The van der Waals surface area contributed by atoms with Gasteiger partial charge in [-0.1, -0.05) is 0 Å². The number of sulfonamides is 1. The Labute approximate surface area is 171 Å². The molecule has 0 N–H and O–H groups in total. The van der Waals surface area contributed by atoms with Crippen LogP contribution in [0.25, 0.3) is 11.3 Å². The molecule has 0 atom stereocenters. The van der Waals surface area contributed by atoms with Crippen molar-refractivity contribution in [3.63, 3.8) is 0 Å². The van der Waals surface area contributed by atoms with Crippen molar-refractivity contribution < 1.29 is 17.6 Å². The summed E-state index contributed by atoms with van der Waals surface area (Å²) < 4.78 is 38.0. The zero-order valence-corrected chi connectivity index (χ0v) is 17.3. The van der Waals surface area contributed by atoms with Crippen LogP contribution in [0.2, 0.25) is 0 Å². The summed E-state index contributed by atoms with van der Waals surface area (Å²) in [5.74, 6) is 1.35. The van der Waals surface area contributed by atoms with Gasteiger partial charge in [-0.25, -0.2) is 8.42 Å². The molecule has 0 amide bonds. The summed E-state index contributed by atoms with van der Waals surface area (Å²) in [7, 11) is -1.38. The van der Waals surface area contributed by atoms with Gasteiger partial charge in [-0.05, 0) is 43.4 Å². The van der Waals surface area contributed by atoms with Crippen LogP contribution in [-0.4, -0.2) is 88.4 Å². The topological polar surface area (TPSA) is 78.6 Å². The largest absolute Gasteiger partial charge is 0.455 e. The van der Waals surface area contributed by atoms with Gasteiger partial charge in [-0.15, -0.1) is 0 Å². The highest BCUT2D eigenvalue weighted by Gasteiger charge is 2.26. The minimum Gasteiger partial charge on any atom is -0.455 e. The van der Waals surface area contributed by atoms with Crippen LogP contribution in [0.15, 0.2) is 50.8 Å². The average molecular weight is 419 g/mol. The number of likely N-dealkylation sites (N-methyl/N-ethyl adjacent to an activating group) is 1. The fraction of sp³-hybridized carbons (Fsp3) is 0.450. The zero-order chi connectivity index (χ0) is 20.3. The molecule has 0 radical (unpaired) electrons. The van der Waals surface area contributed by atoms with E-state index in [4.69, 9.17) is 9.15 Å². The molecular weight excluding hydrogens is 392 g/mol. The van der Waals surface area contributed by atoms with E-state index in [-0.39, 0.29) is 4.90 Å². The van der Waals surface area contributed by atoms with Crippen molar-refractivity contribution >= 4 is 16.2 Å². The Kier molecular flexibility index (Phi) is 6.00. The summed E-state index contributed by atoms with van der Waals surface area (Å²) in [5.41, 5.74) is 0.824. The van der Waals surface area contributed by atoms with E-state index < -0.39 is 10.0 Å². The Bertz CT molecular complexity index is 941. The maximum absolute atomic E-state index is 12.7. The third-order valence-corrected chi connectivity index (χ3v) is 7.11. The lowest BCUT2D eigenvalue weighted by atomic mass is 10.2. The molecule has 0 bridgehead atoms. The van der Waals surface area contributed by atoms with Crippen molar-refractivity contribution in [3.05, 3.63) is 42.2 Å². The number of piperazine rings is 1. The van der Waals surface area contributed by atoms with Crippen molar-refractivity contribution in [2.45, 2.75) is 4.90 Å². The molecule has 0 saturated carbocycles. The van der Waals surface area contributed by atoms with Crippen molar-refractivity contribution in [2.24, 2.45) is 5.10 Å². The molecule has 1 aromatic heterocycles. The van der Waals surface area contributed by atoms with Crippen LogP contribution in [0.5, 0.6) is 0 Å². The van der Waals surface area contributed by atoms with E-state index >= 15 is 0 Å². The average Bonchev–Trinajstić information content (AvgIpc) is 3.23. The fourth-order valence-electron chi connectivity index (χ4n) is 3.35. The van der Waals surface area contributed by atoms with E-state index in [9.17, 15) is 8.42 Å². The Morgan fingerprint density at radius 3 is 2.31 bits per heavy atom. The van der Waals surface area contributed by atoms with Crippen LogP contribution in [0, 0.1) is 0 Å². The highest BCUT2D eigenvalue weighted by atomic mass is 32.2. The van der Waals surface area contributed by atoms with Crippen molar-refractivity contribution in [2.75, 3.05) is 59.5 Å². The van der Waals surface area contributed by atoms with Gasteiger partial charge >= 0.3 is 0 Å². The van der Waals surface area contributed by atoms with Crippen molar-refractivity contribution in [1.82, 2.24) is 14.2 Å². The second-order valence-corrected chi connectivity index (χ2v) is 9.18. The minimum absolute atomic E-state index is 0.284. The minimum atomic E-state index is -3.49. The van der Waals surface area contributed by atoms with Crippen LogP contribution in [0.4, 0.5) is 0 Å². The molecule has 156 valence electrons. The van der Waals surface area contributed by atoms with Crippen LogP contribution in [0.3, 0.4) is 0 Å². The summed E-state index contributed by atoms with van der Waals surface area (Å²) in [5, 5.41) is 6.52. The zero-order valence-electron chi connectivity index (χ0n) is 16.5. The van der Waals surface area contributed by atoms with Crippen LogP contribution in [-0.2, 0) is 14.8 Å². The second-order valence-electron chi connectivity index (χ2n) is 7.24. The van der Waals surface area contributed by atoms with E-state index in [0.29, 0.717) is 37.8 Å². The van der Waals surface area contributed by atoms with Gasteiger partial charge in [0, 0.05) is 44.8 Å². The molecule has 2 aromatic rings. The summed E-state index contributed by atoms with van der Waals surface area (Å²) in [4.78, 5) is 2.56. The molecule has 2 saturated heterocycles. The number of benzene rings is 1. The van der Waals surface area contributed by atoms with Crippen LogP contribution in [0.1, 0.15) is 5.76 Å². The highest BCUT2D eigenvalue weighted by molar-refractivity contribution is 7.89. The number of nitrogens with zero attached hydrogens (tertiary/aromatic N) is 4. The number of hydrogen-bond acceptors (Lipinski definition) is 7. The van der Waals surface area contributed by atoms with E-state index in [0.717, 1.165) is 31.7 Å². The summed E-state index contributed by atoms with van der Waals surface area (Å²) in [6.45, 7) is 5.45. The number of hydrazone groups is 1. The standard InChI is InChI=1S/C20H26N4O4S/c1-22-8-10-23(11-9-22)21-16-18-4-7-20(28-18)17-2-5-19(6-3-17)29(25,26)24-12-14-27-15-13-24/h2-7,16H,8-15H2,1H3/b21-16-. The molecule has 3 heterocycles. The van der Waals surface area contributed by atoms with Gasteiger partial charge in [-0.2, -0.15) is 9.41 Å². The van der Waals surface area contributed by atoms with E-state index in [2.05, 4.69) is 17.0 Å². The van der Waals surface area contributed by atoms with Gasteiger partial charge in [0.2, 0.25) is 10.0 Å². The molecule has 4 rings (SSSR count). The van der Waals surface area contributed by atoms with Gasteiger partial charge in [0.05, 0.1) is 24.3 Å². The Morgan fingerprint density at radius 2 is 1.62 bits per heavy atom. The van der Waals surface area contributed by atoms with Gasteiger partial charge in [-0.3, -0.25) is 5.01 Å². The third-order valence-electron chi connectivity index (χ3n) is 5.20. The van der Waals surface area contributed by atoms with Gasteiger partial charge in [0.15, 0.2) is 0 Å². The number of rotatable bonds is 5. The maximum Gasteiger partial charge on any atom is 0.243 e. The molecule has 0 unspecified atom stereocenters. The lowest BCUT2D eigenvalue weighted by Gasteiger charge is -2.30. The Morgan fingerprint density at radius 1 is 0.931 bits per heavy atom. The fourth-order valence-corrected chi connectivity index (χ4v) is 4.76. The number of ether oxygens (including phenoxy) is 1. The molecule has 2 aliphatic rings. The Balaban J connectivity index is 1.43. The first-order chi connectivity index (χ1) is 14.0. The van der Waals surface area contributed by atoms with Gasteiger partial charge in [0.25, 0.3) is 0 Å². The maximum atomic E-state index is 12.7. The number of morpholine rings is 1. The van der Waals surface area contributed by atoms with Crippen molar-refractivity contribution in [1.29, 1.82) is 0 Å². The lowest BCUT2D eigenvalue weighted by molar-refractivity contribution is 0.0730. The first-order valence-electron chi connectivity index (χ1n) is 9.78. The lowest BCUT2D eigenvalue weighted by Crippen LogP contribution is -2.41. The summed E-state index contributed by atoms with van der Waals surface area (Å²) >= 11 is 0. The first kappa shape index (κ1) is 20.1. The normalized spacial score (nSPS) is 19.8. The predicted molar refractivity (Wildman–Crippen MR) is 110 cm³/mol. The Hall–Kier alpha value is -2.20. The predicted octanol–water partition coefficient (Wildman–Crippen LogP) is 1.55. The quantitative estimate of drug-likeness (QED) is 0.686. The molecule has 0 spiro atoms. The summed E-state index contributed by atoms with van der Waals surface area (Å²) in [6, 6.07) is 10.5. The molecule has 29 heavy (non-hydrogen) atoms. The molecule has 0 aliphatic carbocycles. The van der Waals surface area contributed by atoms with E-state index in [1.54, 1.807) is 30.5 Å². The third kappa shape index (κ3) is 4.69. The molecule has 2 fully saturated rings. The number of hydrogen-bond donors (Lipinski definition) is 0. The highest BCUT2D eigenvalue weighted by Crippen LogP contribution is 2.25. The van der Waals surface area contributed by atoms with E-state index in [1.807, 2.05) is 17.1 Å². The van der Waals surface area contributed by atoms with Gasteiger partial charge < -0.3 is 14.1 Å². The first-order valence-corrected chi connectivity index (χ1v) is 11.2. The monoisotopic (exact) mass is 418 g/mol. The second kappa shape index (κ2) is 8.66. The van der Waals surface area contributed by atoms with Crippen LogP contribution < -0.4 is 0 Å². The molecular formula is C20H26N4O4S. The van der Waals surface area contributed by atoms with E-state index in [1.165, 1.54) is 4.31 Å². The smallest absolute Gasteiger partial charge is 0.243 e. The summed E-state index contributed by atoms with van der Waals surface area (Å²) in [6.07, 6.45) is 1.73. The van der Waals surface area contributed by atoms with Crippen molar-refractivity contribution in [3.8, 4) is 11.3 Å².